The summed E-state index contributed by atoms with van der Waals surface area (Å²) < 4.78 is 2.32. The van der Waals surface area contributed by atoms with E-state index in [4.69, 9.17) is 4.84 Å². The third-order valence-electron chi connectivity index (χ3n) is 11.1. The van der Waals surface area contributed by atoms with E-state index in [-0.39, 0.29) is 30.1 Å². The fourth-order valence-electron chi connectivity index (χ4n) is 8.58. The number of hydrogen-bond donors (Lipinski definition) is 0. The molecule has 0 radical (unpaired) electrons. The average Bonchev–Trinajstić information content (AvgIpc) is 3.63. The van der Waals surface area contributed by atoms with Gasteiger partial charge in [0.25, 0.3) is 11.8 Å². The number of hydroxylamine groups is 2. The number of anilines is 1. The van der Waals surface area contributed by atoms with Gasteiger partial charge in [-0.1, -0.05) is 85.7 Å². The minimum atomic E-state index is -0.539. The first-order valence-electron chi connectivity index (χ1n) is 18.0. The van der Waals surface area contributed by atoms with Crippen LogP contribution in [0.1, 0.15) is 76.8 Å². The maximum atomic E-state index is 12.4. The van der Waals surface area contributed by atoms with Gasteiger partial charge >= 0.3 is 5.97 Å². The lowest BCUT2D eigenvalue weighted by Gasteiger charge is -2.29. The van der Waals surface area contributed by atoms with Gasteiger partial charge in [0, 0.05) is 60.8 Å². The average molecular weight is 681 g/mol. The normalized spacial score (nSPS) is 20.6. The number of fused-ring (bicyclic) bond motifs is 6. The fraction of sp³-hybridized carbons (Fsp3) is 0.318. The van der Waals surface area contributed by atoms with Crippen LogP contribution in [0.25, 0.3) is 21.5 Å². The molecule has 4 aromatic rings. The summed E-state index contributed by atoms with van der Waals surface area (Å²) in [6.07, 6.45) is 14.5. The van der Waals surface area contributed by atoms with Crippen molar-refractivity contribution in [3.63, 3.8) is 0 Å². The largest absolute Gasteiger partial charge is 0.347 e. The molecule has 4 aromatic carbocycles. The molecule has 1 fully saturated rings. The highest BCUT2D eigenvalue weighted by molar-refractivity contribution is 6.07. The second kappa shape index (κ2) is 13.4. The van der Waals surface area contributed by atoms with Crippen LogP contribution in [0.2, 0.25) is 0 Å². The monoisotopic (exact) mass is 680 g/mol. The van der Waals surface area contributed by atoms with Crippen molar-refractivity contribution < 1.29 is 23.8 Å². The minimum absolute atomic E-state index is 0.0953. The summed E-state index contributed by atoms with van der Waals surface area (Å²) >= 11 is 0. The van der Waals surface area contributed by atoms with Gasteiger partial charge in [0.15, 0.2) is 5.71 Å². The first kappa shape index (κ1) is 34.2. The van der Waals surface area contributed by atoms with E-state index >= 15 is 0 Å². The van der Waals surface area contributed by atoms with Crippen LogP contribution in [0.5, 0.6) is 0 Å². The zero-order valence-corrected chi connectivity index (χ0v) is 30.2. The van der Waals surface area contributed by atoms with Gasteiger partial charge in [-0.3, -0.25) is 9.59 Å². The van der Waals surface area contributed by atoms with Crippen LogP contribution >= 0.6 is 0 Å². The number of nitrogens with zero attached hydrogens (tertiary/aromatic N) is 3. The summed E-state index contributed by atoms with van der Waals surface area (Å²) in [5.41, 5.74) is 7.27. The fourth-order valence-corrected chi connectivity index (χ4v) is 8.58. The number of unbranched alkanes of at least 4 members (excludes halogenated alkanes) is 2. The highest BCUT2D eigenvalue weighted by Crippen LogP contribution is 2.52. The number of rotatable bonds is 10. The van der Waals surface area contributed by atoms with Crippen molar-refractivity contribution in [1.82, 2.24) is 5.06 Å². The van der Waals surface area contributed by atoms with E-state index in [2.05, 4.69) is 148 Å². The Balaban J connectivity index is 1.09. The number of amides is 2. The smallest absolute Gasteiger partial charge is 0.333 e. The molecule has 51 heavy (non-hydrogen) atoms. The molecule has 3 aliphatic rings. The molecule has 0 aromatic heterocycles. The first-order chi connectivity index (χ1) is 24.5. The predicted molar refractivity (Wildman–Crippen MR) is 204 cm³/mol. The highest BCUT2D eigenvalue weighted by atomic mass is 16.7. The Hall–Kier alpha value is -5.30. The van der Waals surface area contributed by atoms with Crippen LogP contribution < -0.4 is 4.90 Å². The minimum Gasteiger partial charge on any atom is -0.347 e. The molecule has 260 valence electrons. The lowest BCUT2D eigenvalue weighted by Crippen LogP contribution is -2.31. The van der Waals surface area contributed by atoms with Crippen LogP contribution in [0, 0.1) is 0 Å². The molecule has 7 heteroatoms. The van der Waals surface area contributed by atoms with Gasteiger partial charge in [0.05, 0.1) is 5.41 Å². The molecule has 3 aliphatic heterocycles. The molecular formula is C44H46N3O4+. The summed E-state index contributed by atoms with van der Waals surface area (Å²) in [6.45, 7) is 6.96. The summed E-state index contributed by atoms with van der Waals surface area (Å²) in [5, 5.41) is 5.68. The molecule has 1 unspecified atom stereocenters. The molecular weight excluding hydrogens is 635 g/mol. The molecule has 7 nitrogen and oxygen atoms in total. The molecule has 0 N–H and O–H groups in total. The summed E-state index contributed by atoms with van der Waals surface area (Å²) in [5.74, 6) is -1.44. The quantitative estimate of drug-likeness (QED) is 0.0724. The van der Waals surface area contributed by atoms with Gasteiger partial charge in [-0.2, -0.15) is 4.58 Å². The van der Waals surface area contributed by atoms with E-state index in [1.165, 1.54) is 55.5 Å². The van der Waals surface area contributed by atoms with Crippen LogP contribution in [0.15, 0.2) is 109 Å². The topological polar surface area (TPSA) is 69.9 Å². The van der Waals surface area contributed by atoms with Crippen LogP contribution in [0.4, 0.5) is 11.4 Å². The molecule has 2 amide bonds. The number of carbonyl (C=O) groups is 3. The van der Waals surface area contributed by atoms with E-state index in [1.54, 1.807) is 0 Å². The lowest BCUT2D eigenvalue weighted by atomic mass is 9.75. The Morgan fingerprint density at radius 3 is 2.16 bits per heavy atom. The van der Waals surface area contributed by atoms with Gasteiger partial charge in [-0.15, -0.1) is 5.06 Å². The van der Waals surface area contributed by atoms with Crippen LogP contribution in [-0.4, -0.2) is 47.2 Å². The second-order valence-electron chi connectivity index (χ2n) is 14.7. The number of allylic oxidation sites excluding steroid dienone is 6. The maximum absolute atomic E-state index is 12.4. The van der Waals surface area contributed by atoms with E-state index in [1.807, 2.05) is 0 Å². The Kier molecular flexibility index (Phi) is 9.00. The van der Waals surface area contributed by atoms with E-state index in [9.17, 15) is 14.4 Å². The van der Waals surface area contributed by atoms with Gasteiger partial charge in [-0.25, -0.2) is 4.79 Å². The molecule has 3 heterocycles. The van der Waals surface area contributed by atoms with Gasteiger partial charge in [0.2, 0.25) is 5.69 Å². The molecule has 0 spiro atoms. The summed E-state index contributed by atoms with van der Waals surface area (Å²) in [4.78, 5) is 43.4. The number of benzene rings is 4. The Morgan fingerprint density at radius 1 is 0.804 bits per heavy atom. The Labute approximate surface area is 300 Å². The molecule has 1 saturated heterocycles. The van der Waals surface area contributed by atoms with Gasteiger partial charge in [0.1, 0.15) is 7.05 Å². The van der Waals surface area contributed by atoms with Crippen molar-refractivity contribution in [2.24, 2.45) is 0 Å². The maximum Gasteiger partial charge on any atom is 0.333 e. The third kappa shape index (κ3) is 5.98. The van der Waals surface area contributed by atoms with Gasteiger partial charge < -0.3 is 9.74 Å². The van der Waals surface area contributed by atoms with Crippen LogP contribution in [-0.2, 0) is 30.1 Å². The molecule has 1 atom stereocenters. The van der Waals surface area contributed by atoms with Crippen molar-refractivity contribution >= 4 is 56.4 Å². The summed E-state index contributed by atoms with van der Waals surface area (Å²) in [6, 6.07) is 26.1. The molecule has 0 bridgehead atoms. The molecule has 0 aliphatic carbocycles. The summed E-state index contributed by atoms with van der Waals surface area (Å²) in [7, 11) is 4.31. The van der Waals surface area contributed by atoms with E-state index in [0.29, 0.717) is 11.5 Å². The molecule has 7 rings (SSSR count). The third-order valence-corrected chi connectivity index (χ3v) is 11.1. The van der Waals surface area contributed by atoms with Crippen molar-refractivity contribution in [2.45, 2.75) is 76.5 Å². The zero-order chi connectivity index (χ0) is 35.9. The van der Waals surface area contributed by atoms with Crippen LogP contribution in [0.3, 0.4) is 0 Å². The first-order valence-corrected chi connectivity index (χ1v) is 18.0. The number of imide groups is 1. The number of likely N-dealkylation sites (N-methyl/N-ethyl adjacent to an activating group) is 1. The predicted octanol–water partition coefficient (Wildman–Crippen LogP) is 8.96. The van der Waals surface area contributed by atoms with Crippen molar-refractivity contribution in [3.8, 4) is 0 Å². The second-order valence-corrected chi connectivity index (χ2v) is 14.7. The van der Waals surface area contributed by atoms with Crippen molar-refractivity contribution in [3.05, 3.63) is 120 Å². The lowest BCUT2D eigenvalue weighted by molar-refractivity contribution is -0.401. The number of hydrogen-bond acceptors (Lipinski definition) is 5. The van der Waals surface area contributed by atoms with Crippen molar-refractivity contribution in [2.75, 3.05) is 19.0 Å². The Bertz CT molecular complexity index is 2190. The highest BCUT2D eigenvalue weighted by Gasteiger charge is 2.45. The zero-order valence-electron chi connectivity index (χ0n) is 30.2. The Morgan fingerprint density at radius 2 is 1.45 bits per heavy atom. The standard InChI is InChI=1S/C44H46N3O4/c1-43(2)36(45(4)34-25-23-30-16-11-13-18-32(30)41(34)43)20-8-6-9-21-37-44(3,42-33-19-14-12-17-31(33)24-26-35(42)46(37)5)29-15-7-10-22-40(50)51-47-38(48)27-28-39(47)49/h6,8-9,11-14,16-21,23-26H,7,10,15,22,27-29H2,1-5H3/q+1. The van der Waals surface area contributed by atoms with Crippen molar-refractivity contribution in [1.29, 1.82) is 0 Å². The van der Waals surface area contributed by atoms with E-state index < -0.39 is 17.8 Å². The van der Waals surface area contributed by atoms with E-state index in [0.717, 1.165) is 19.3 Å². The molecule has 0 saturated carbocycles. The van der Waals surface area contributed by atoms with Gasteiger partial charge in [-0.05, 0) is 78.9 Å². The number of carbonyl (C=O) groups excluding carboxylic acids is 3. The SMILES string of the molecule is CN1/C(=C/C=C/C=C/C2=[N+](C)c3ccc4ccccc4c3C2(C)C)C(C)(CCCCCC(=O)ON2C(=O)CCC2=O)c2c1ccc1ccccc21.